The molecule has 0 saturated carbocycles. The van der Waals surface area contributed by atoms with Crippen molar-refractivity contribution in [2.24, 2.45) is 0 Å². The van der Waals surface area contributed by atoms with E-state index in [0.717, 1.165) is 10.5 Å². The molecule has 1 aliphatic heterocycles. The maximum Gasteiger partial charge on any atom is 0.131 e. The normalized spacial score (nSPS) is 21.9. The average molecular weight is 346 g/mol. The average Bonchev–Trinajstić information content (AvgIpc) is 2.53. The second-order valence-electron chi connectivity index (χ2n) is 6.01. The number of nitriles is 1. The van der Waals surface area contributed by atoms with Crippen LogP contribution in [0.15, 0.2) is 47.4 Å². The Balaban J connectivity index is 2.03. The summed E-state index contributed by atoms with van der Waals surface area (Å²) in [5.74, 6) is 0.714. The van der Waals surface area contributed by atoms with Gasteiger partial charge in [0.2, 0.25) is 0 Å². The maximum atomic E-state index is 10.8. The molecule has 1 N–H and O–H groups in total. The van der Waals surface area contributed by atoms with Gasteiger partial charge >= 0.3 is 0 Å². The summed E-state index contributed by atoms with van der Waals surface area (Å²) in [7, 11) is 0. The molecule has 2 aromatic carbocycles. The molecular formula is C18H16ClNO2S. The zero-order valence-electron chi connectivity index (χ0n) is 12.8. The standard InChI is InChI=1S/C18H16ClNO2S/c1-18(2)17(21)16(23-13-6-4-12(19)5-7-13)14-9-11(10-20)3-8-15(14)22-18/h3-9,16-17,21H,1-2H3/t16-,17+/m1/s1. The van der Waals surface area contributed by atoms with E-state index >= 15 is 0 Å². The molecule has 2 aromatic rings. The van der Waals surface area contributed by atoms with E-state index in [2.05, 4.69) is 6.07 Å². The van der Waals surface area contributed by atoms with Crippen LogP contribution >= 0.6 is 23.4 Å². The first-order valence-electron chi connectivity index (χ1n) is 7.24. The summed E-state index contributed by atoms with van der Waals surface area (Å²) in [5, 5.41) is 20.4. The number of aliphatic hydroxyl groups excluding tert-OH is 1. The highest BCUT2D eigenvalue weighted by atomic mass is 35.5. The summed E-state index contributed by atoms with van der Waals surface area (Å²) in [6.07, 6.45) is -0.704. The van der Waals surface area contributed by atoms with Crippen molar-refractivity contribution in [2.75, 3.05) is 0 Å². The summed E-state index contributed by atoms with van der Waals surface area (Å²) in [4.78, 5) is 1.00. The highest BCUT2D eigenvalue weighted by Gasteiger charge is 2.43. The van der Waals surface area contributed by atoms with Crippen LogP contribution in [0, 0.1) is 11.3 Å². The Kier molecular flexibility index (Phi) is 4.29. The fourth-order valence-corrected chi connectivity index (χ4v) is 4.08. The van der Waals surface area contributed by atoms with E-state index in [4.69, 9.17) is 21.6 Å². The minimum Gasteiger partial charge on any atom is -0.485 e. The number of thioether (sulfide) groups is 1. The van der Waals surface area contributed by atoms with E-state index in [-0.39, 0.29) is 5.25 Å². The largest absolute Gasteiger partial charge is 0.485 e. The van der Waals surface area contributed by atoms with Gasteiger partial charge in [-0.25, -0.2) is 0 Å². The SMILES string of the molecule is CC1(C)Oc2ccc(C#N)cc2[C@@H](Sc2ccc(Cl)cc2)[C@@H]1O. The van der Waals surface area contributed by atoms with Gasteiger partial charge in [0.25, 0.3) is 0 Å². The van der Waals surface area contributed by atoms with Crippen molar-refractivity contribution in [1.29, 1.82) is 5.26 Å². The smallest absolute Gasteiger partial charge is 0.131 e. The minimum atomic E-state index is -0.704. The summed E-state index contributed by atoms with van der Waals surface area (Å²) in [5.41, 5.74) is 0.697. The van der Waals surface area contributed by atoms with Crippen LogP contribution in [0.25, 0.3) is 0 Å². The number of hydrogen-bond acceptors (Lipinski definition) is 4. The zero-order chi connectivity index (χ0) is 16.6. The molecule has 3 nitrogen and oxygen atoms in total. The first-order valence-corrected chi connectivity index (χ1v) is 8.50. The van der Waals surface area contributed by atoms with Crippen LogP contribution in [0.1, 0.15) is 30.2 Å². The highest BCUT2D eigenvalue weighted by Crippen LogP contribution is 2.49. The van der Waals surface area contributed by atoms with Crippen LogP contribution < -0.4 is 4.74 Å². The Hall–Kier alpha value is -1.67. The van der Waals surface area contributed by atoms with Gasteiger partial charge in [-0.2, -0.15) is 5.26 Å². The Morgan fingerprint density at radius 1 is 1.22 bits per heavy atom. The van der Waals surface area contributed by atoms with Crippen molar-refractivity contribution in [1.82, 2.24) is 0 Å². The number of nitrogens with zero attached hydrogens (tertiary/aromatic N) is 1. The van der Waals surface area contributed by atoms with Gasteiger partial charge in [0.05, 0.1) is 16.9 Å². The van der Waals surface area contributed by atoms with Crippen molar-refractivity contribution in [3.05, 3.63) is 58.6 Å². The van der Waals surface area contributed by atoms with Gasteiger partial charge in [0.15, 0.2) is 0 Å². The maximum absolute atomic E-state index is 10.8. The van der Waals surface area contributed by atoms with Crippen LogP contribution in [0.2, 0.25) is 5.02 Å². The molecule has 118 valence electrons. The number of hydrogen-bond donors (Lipinski definition) is 1. The predicted molar refractivity (Wildman–Crippen MR) is 91.9 cm³/mol. The van der Waals surface area contributed by atoms with Gasteiger partial charge in [0.1, 0.15) is 17.5 Å². The van der Waals surface area contributed by atoms with Gasteiger partial charge in [-0.15, -0.1) is 11.8 Å². The van der Waals surface area contributed by atoms with Crippen LogP contribution in [0.3, 0.4) is 0 Å². The molecule has 0 aromatic heterocycles. The Morgan fingerprint density at radius 3 is 2.57 bits per heavy atom. The van der Waals surface area contributed by atoms with Crippen LogP contribution in [-0.4, -0.2) is 16.8 Å². The molecule has 2 atom stereocenters. The number of rotatable bonds is 2. The fourth-order valence-electron chi connectivity index (χ4n) is 2.60. The predicted octanol–water partition coefficient (Wildman–Crippen LogP) is 4.58. The molecule has 0 fully saturated rings. The molecule has 5 heteroatoms. The third-order valence-corrected chi connectivity index (χ3v) is 5.46. The number of halogens is 1. The summed E-state index contributed by atoms with van der Waals surface area (Å²) >= 11 is 7.48. The Labute approximate surface area is 144 Å². The molecule has 23 heavy (non-hydrogen) atoms. The summed E-state index contributed by atoms with van der Waals surface area (Å²) in [6.45, 7) is 3.74. The monoisotopic (exact) mass is 345 g/mol. The van der Waals surface area contributed by atoms with E-state index in [0.29, 0.717) is 16.3 Å². The highest BCUT2D eigenvalue weighted by molar-refractivity contribution is 7.99. The summed E-state index contributed by atoms with van der Waals surface area (Å²) in [6, 6.07) is 15.0. The Morgan fingerprint density at radius 2 is 1.91 bits per heavy atom. The molecule has 0 radical (unpaired) electrons. The van der Waals surface area contributed by atoms with E-state index in [1.807, 2.05) is 38.1 Å². The number of aliphatic hydroxyl groups is 1. The molecule has 1 aliphatic rings. The summed E-state index contributed by atoms with van der Waals surface area (Å²) < 4.78 is 5.92. The minimum absolute atomic E-state index is 0.219. The lowest BCUT2D eigenvalue weighted by Crippen LogP contribution is -2.48. The van der Waals surface area contributed by atoms with Crippen LogP contribution in [-0.2, 0) is 0 Å². The van der Waals surface area contributed by atoms with E-state index in [1.54, 1.807) is 30.0 Å². The molecule has 1 heterocycles. The van der Waals surface area contributed by atoms with Crippen molar-refractivity contribution in [3.63, 3.8) is 0 Å². The number of ether oxygens (including phenoxy) is 1. The van der Waals surface area contributed by atoms with Gasteiger partial charge in [-0.05, 0) is 56.3 Å². The molecule has 0 unspecified atom stereocenters. The molecule has 0 amide bonds. The van der Waals surface area contributed by atoms with Crippen molar-refractivity contribution in [2.45, 2.75) is 35.7 Å². The lowest BCUT2D eigenvalue weighted by atomic mass is 9.90. The van der Waals surface area contributed by atoms with Crippen LogP contribution in [0.4, 0.5) is 0 Å². The van der Waals surface area contributed by atoms with Crippen molar-refractivity contribution >= 4 is 23.4 Å². The topological polar surface area (TPSA) is 53.2 Å². The van der Waals surface area contributed by atoms with E-state index < -0.39 is 11.7 Å². The first kappa shape index (κ1) is 16.2. The third kappa shape index (κ3) is 3.18. The molecule has 0 aliphatic carbocycles. The van der Waals surface area contributed by atoms with Crippen molar-refractivity contribution in [3.8, 4) is 11.8 Å². The quantitative estimate of drug-likeness (QED) is 0.865. The van der Waals surface area contributed by atoms with Gasteiger partial charge in [0, 0.05) is 15.5 Å². The second kappa shape index (κ2) is 6.09. The Bertz CT molecular complexity index is 768. The van der Waals surface area contributed by atoms with Gasteiger partial charge in [-0.1, -0.05) is 11.6 Å². The molecular weight excluding hydrogens is 330 g/mol. The number of benzene rings is 2. The number of fused-ring (bicyclic) bond motifs is 1. The van der Waals surface area contributed by atoms with E-state index in [9.17, 15) is 5.11 Å². The van der Waals surface area contributed by atoms with Crippen LogP contribution in [0.5, 0.6) is 5.75 Å². The molecule has 3 rings (SSSR count). The zero-order valence-corrected chi connectivity index (χ0v) is 14.4. The van der Waals surface area contributed by atoms with Gasteiger partial charge < -0.3 is 9.84 Å². The second-order valence-corrected chi connectivity index (χ2v) is 7.66. The van der Waals surface area contributed by atoms with Crippen molar-refractivity contribution < 1.29 is 9.84 Å². The molecule has 0 saturated heterocycles. The first-order chi connectivity index (χ1) is 10.9. The lowest BCUT2D eigenvalue weighted by Gasteiger charge is -2.41. The van der Waals surface area contributed by atoms with E-state index in [1.165, 1.54) is 0 Å². The lowest BCUT2D eigenvalue weighted by molar-refractivity contribution is -0.0429. The molecule has 0 bridgehead atoms. The molecule has 0 spiro atoms. The van der Waals surface area contributed by atoms with Gasteiger partial charge in [-0.3, -0.25) is 0 Å². The fraction of sp³-hybridized carbons (Fsp3) is 0.278. The third-order valence-electron chi connectivity index (χ3n) is 3.89.